The Balaban J connectivity index is 1.58. The predicted molar refractivity (Wildman–Crippen MR) is 122 cm³/mol. The van der Waals surface area contributed by atoms with Crippen LogP contribution >= 0.6 is 0 Å². The summed E-state index contributed by atoms with van der Waals surface area (Å²) in [5.41, 5.74) is 6.20. The van der Waals surface area contributed by atoms with Gasteiger partial charge in [-0.15, -0.1) is 0 Å². The first kappa shape index (κ1) is 20.7. The molecule has 1 heterocycles. The second-order valence-electron chi connectivity index (χ2n) is 7.10. The Labute approximate surface area is 183 Å². The van der Waals surface area contributed by atoms with Gasteiger partial charge in [-0.25, -0.2) is 9.97 Å². The van der Waals surface area contributed by atoms with Crippen LogP contribution in [0.5, 0.6) is 0 Å². The number of benzene rings is 3. The second-order valence-corrected chi connectivity index (χ2v) is 7.10. The molecule has 0 bridgehead atoms. The van der Waals surface area contributed by atoms with E-state index in [1.807, 2.05) is 60.7 Å². The van der Waals surface area contributed by atoms with E-state index in [-0.39, 0.29) is 17.3 Å². The van der Waals surface area contributed by atoms with Crippen LogP contribution in [0.2, 0.25) is 0 Å². The number of carbonyl (C=O) groups excluding carboxylic acids is 1. The van der Waals surface area contributed by atoms with Crippen LogP contribution in [0, 0.1) is 10.1 Å². The smallest absolute Gasteiger partial charge is 0.349 e. The van der Waals surface area contributed by atoms with Gasteiger partial charge in [-0.05, 0) is 22.4 Å². The molecule has 0 fully saturated rings. The standard InChI is InChI=1S/C23H20N6O3/c1-28(14-16-8-3-2-4-9-16)22-20(29(31)32)21(24-15-25-22)26-27-23(30)19-13-7-11-17-10-5-6-12-18(17)19/h2-13,15H,14H2,1H3,(H,27,30)(H,24,25,26). The molecule has 160 valence electrons. The molecular formula is C23H20N6O3. The third kappa shape index (κ3) is 4.31. The van der Waals surface area contributed by atoms with Crippen LogP contribution < -0.4 is 15.8 Å². The normalized spacial score (nSPS) is 10.5. The van der Waals surface area contributed by atoms with Crippen LogP contribution in [0.1, 0.15) is 15.9 Å². The van der Waals surface area contributed by atoms with Crippen molar-refractivity contribution in [1.82, 2.24) is 15.4 Å². The summed E-state index contributed by atoms with van der Waals surface area (Å²) in [5, 5.41) is 13.5. The van der Waals surface area contributed by atoms with Gasteiger partial charge in [0.25, 0.3) is 5.91 Å². The monoisotopic (exact) mass is 428 g/mol. The molecule has 3 aromatic carbocycles. The second kappa shape index (κ2) is 9.09. The molecule has 0 saturated carbocycles. The van der Waals surface area contributed by atoms with Crippen molar-refractivity contribution in [2.24, 2.45) is 0 Å². The number of amides is 1. The molecule has 9 nitrogen and oxygen atoms in total. The molecular weight excluding hydrogens is 408 g/mol. The number of anilines is 2. The van der Waals surface area contributed by atoms with E-state index < -0.39 is 10.8 Å². The SMILES string of the molecule is CN(Cc1ccccc1)c1ncnc(NNC(=O)c2cccc3ccccc23)c1[N+](=O)[O-]. The average Bonchev–Trinajstić information content (AvgIpc) is 2.82. The third-order valence-electron chi connectivity index (χ3n) is 4.94. The highest BCUT2D eigenvalue weighted by molar-refractivity contribution is 6.07. The van der Waals surface area contributed by atoms with Gasteiger partial charge in [0.05, 0.1) is 4.92 Å². The van der Waals surface area contributed by atoms with Crippen molar-refractivity contribution in [3.8, 4) is 0 Å². The van der Waals surface area contributed by atoms with Gasteiger partial charge < -0.3 is 4.90 Å². The molecule has 4 rings (SSSR count). The highest BCUT2D eigenvalue weighted by Gasteiger charge is 2.26. The minimum atomic E-state index is -0.566. The fraction of sp³-hybridized carbons (Fsp3) is 0.0870. The van der Waals surface area contributed by atoms with E-state index in [0.29, 0.717) is 12.1 Å². The largest absolute Gasteiger partial charge is 0.355 e. The molecule has 0 spiro atoms. The first-order valence-corrected chi connectivity index (χ1v) is 9.83. The van der Waals surface area contributed by atoms with Gasteiger partial charge >= 0.3 is 5.69 Å². The van der Waals surface area contributed by atoms with Crippen LogP contribution in [-0.2, 0) is 6.54 Å². The summed E-state index contributed by atoms with van der Waals surface area (Å²) in [6.07, 6.45) is 1.22. The molecule has 0 saturated heterocycles. The lowest BCUT2D eigenvalue weighted by molar-refractivity contribution is -0.383. The van der Waals surface area contributed by atoms with Gasteiger partial charge in [0.1, 0.15) is 6.33 Å². The topological polar surface area (TPSA) is 113 Å². The van der Waals surface area contributed by atoms with Gasteiger partial charge in [0.2, 0.25) is 11.6 Å². The van der Waals surface area contributed by atoms with Gasteiger partial charge in [-0.2, -0.15) is 0 Å². The molecule has 0 aliphatic heterocycles. The number of aromatic nitrogens is 2. The summed E-state index contributed by atoms with van der Waals surface area (Å²) in [6, 6.07) is 22.4. The number of hydrogen-bond donors (Lipinski definition) is 2. The molecule has 1 amide bonds. The third-order valence-corrected chi connectivity index (χ3v) is 4.94. The number of hydrogen-bond acceptors (Lipinski definition) is 7. The van der Waals surface area contributed by atoms with Gasteiger partial charge in [-0.3, -0.25) is 25.8 Å². The summed E-state index contributed by atoms with van der Waals surface area (Å²) in [7, 11) is 1.71. The van der Waals surface area contributed by atoms with Gasteiger partial charge in [0.15, 0.2) is 0 Å². The van der Waals surface area contributed by atoms with Crippen molar-refractivity contribution in [3.63, 3.8) is 0 Å². The molecule has 0 aliphatic rings. The number of nitro groups is 1. The number of fused-ring (bicyclic) bond motifs is 1. The Morgan fingerprint density at radius 1 is 1.00 bits per heavy atom. The van der Waals surface area contributed by atoms with Crippen molar-refractivity contribution < 1.29 is 9.72 Å². The van der Waals surface area contributed by atoms with Crippen molar-refractivity contribution >= 4 is 34.0 Å². The van der Waals surface area contributed by atoms with Crippen molar-refractivity contribution in [2.75, 3.05) is 17.4 Å². The summed E-state index contributed by atoms with van der Waals surface area (Å²) >= 11 is 0. The fourth-order valence-corrected chi connectivity index (χ4v) is 3.45. The lowest BCUT2D eigenvalue weighted by atomic mass is 10.0. The van der Waals surface area contributed by atoms with E-state index in [4.69, 9.17) is 0 Å². The quantitative estimate of drug-likeness (QED) is 0.339. The highest BCUT2D eigenvalue weighted by atomic mass is 16.6. The van der Waals surface area contributed by atoms with E-state index in [1.54, 1.807) is 24.1 Å². The van der Waals surface area contributed by atoms with Crippen LogP contribution in [0.15, 0.2) is 79.1 Å². The van der Waals surface area contributed by atoms with Crippen LogP contribution in [0.3, 0.4) is 0 Å². The molecule has 1 aromatic heterocycles. The zero-order valence-electron chi connectivity index (χ0n) is 17.2. The molecule has 32 heavy (non-hydrogen) atoms. The zero-order chi connectivity index (χ0) is 22.5. The number of nitrogens with one attached hydrogen (secondary N) is 2. The lowest BCUT2D eigenvalue weighted by Crippen LogP contribution is -2.31. The number of hydrazine groups is 1. The molecule has 0 radical (unpaired) electrons. The highest BCUT2D eigenvalue weighted by Crippen LogP contribution is 2.31. The molecule has 4 aromatic rings. The zero-order valence-corrected chi connectivity index (χ0v) is 17.2. The molecule has 0 unspecified atom stereocenters. The minimum absolute atomic E-state index is 0.103. The summed E-state index contributed by atoms with van der Waals surface area (Å²) in [4.78, 5) is 33.8. The Kier molecular flexibility index (Phi) is 5.89. The Morgan fingerprint density at radius 2 is 1.72 bits per heavy atom. The van der Waals surface area contributed by atoms with Crippen LogP contribution in [-0.4, -0.2) is 27.8 Å². The average molecular weight is 428 g/mol. The Hall–Kier alpha value is -4.53. The maximum Gasteiger partial charge on any atom is 0.355 e. The summed E-state index contributed by atoms with van der Waals surface area (Å²) in [6.45, 7) is 0.417. The van der Waals surface area contributed by atoms with Gasteiger partial charge in [0, 0.05) is 19.2 Å². The van der Waals surface area contributed by atoms with Crippen molar-refractivity contribution in [2.45, 2.75) is 6.54 Å². The summed E-state index contributed by atoms with van der Waals surface area (Å²) < 4.78 is 0. The van der Waals surface area contributed by atoms with E-state index in [1.165, 1.54) is 6.33 Å². The molecule has 9 heteroatoms. The van der Waals surface area contributed by atoms with E-state index in [9.17, 15) is 14.9 Å². The van der Waals surface area contributed by atoms with E-state index in [0.717, 1.165) is 16.3 Å². The summed E-state index contributed by atoms with van der Waals surface area (Å²) in [5.74, 6) is -0.404. The van der Waals surface area contributed by atoms with Crippen molar-refractivity contribution in [3.05, 3.63) is 100 Å². The lowest BCUT2D eigenvalue weighted by Gasteiger charge is -2.19. The van der Waals surface area contributed by atoms with Crippen molar-refractivity contribution in [1.29, 1.82) is 0 Å². The number of rotatable bonds is 7. The maximum absolute atomic E-state index is 12.8. The molecule has 0 atom stereocenters. The Morgan fingerprint density at radius 3 is 2.50 bits per heavy atom. The molecule has 2 N–H and O–H groups in total. The van der Waals surface area contributed by atoms with E-state index in [2.05, 4.69) is 20.8 Å². The van der Waals surface area contributed by atoms with Gasteiger partial charge in [-0.1, -0.05) is 66.7 Å². The minimum Gasteiger partial charge on any atom is -0.349 e. The Bertz CT molecular complexity index is 1270. The number of carbonyl (C=O) groups is 1. The molecule has 0 aliphatic carbocycles. The first-order valence-electron chi connectivity index (χ1n) is 9.83. The van der Waals surface area contributed by atoms with Crippen LogP contribution in [0.25, 0.3) is 10.8 Å². The fourth-order valence-electron chi connectivity index (χ4n) is 3.45. The first-order chi connectivity index (χ1) is 15.5. The maximum atomic E-state index is 12.8. The number of nitrogens with zero attached hydrogens (tertiary/aromatic N) is 4. The van der Waals surface area contributed by atoms with Crippen LogP contribution in [0.4, 0.5) is 17.3 Å². The predicted octanol–water partition coefficient (Wildman–Crippen LogP) is 3.93. The van der Waals surface area contributed by atoms with E-state index >= 15 is 0 Å².